The molecule has 0 aliphatic carbocycles. The first kappa shape index (κ1) is 28.3. The number of sulfonamides is 1. The van der Waals surface area contributed by atoms with Crippen molar-refractivity contribution in [1.82, 2.24) is 14.5 Å². The third-order valence-electron chi connectivity index (χ3n) is 6.45. The summed E-state index contributed by atoms with van der Waals surface area (Å²) in [4.78, 5) is 41.7. The zero-order valence-electron chi connectivity index (χ0n) is 21.7. The Morgan fingerprint density at radius 3 is 2.26 bits per heavy atom. The molecule has 3 aromatic carbocycles. The van der Waals surface area contributed by atoms with E-state index in [4.69, 9.17) is 11.6 Å². The minimum atomic E-state index is -4.22. The van der Waals surface area contributed by atoms with Gasteiger partial charge in [0.05, 0.1) is 5.56 Å². The molecule has 0 bridgehead atoms. The molecule has 204 valence electrons. The van der Waals surface area contributed by atoms with Gasteiger partial charge in [-0.05, 0) is 35.2 Å². The Morgan fingerprint density at radius 1 is 0.949 bits per heavy atom. The Balaban J connectivity index is 1.72. The number of carbonyl (C=O) groups excluding carboxylic acids is 3. The van der Waals surface area contributed by atoms with E-state index in [9.17, 15) is 22.8 Å². The Bertz CT molecular complexity index is 1480. The molecule has 0 spiro atoms. The van der Waals surface area contributed by atoms with Crippen molar-refractivity contribution in [3.8, 4) is 0 Å². The van der Waals surface area contributed by atoms with Crippen molar-refractivity contribution >= 4 is 39.3 Å². The Kier molecular flexibility index (Phi) is 8.72. The van der Waals surface area contributed by atoms with Gasteiger partial charge < -0.3 is 10.2 Å². The van der Waals surface area contributed by atoms with Crippen LogP contribution < -0.4 is 5.32 Å². The van der Waals surface area contributed by atoms with Crippen LogP contribution in [-0.2, 0) is 32.6 Å². The van der Waals surface area contributed by atoms with E-state index in [2.05, 4.69) is 5.32 Å². The van der Waals surface area contributed by atoms with Crippen LogP contribution in [0.2, 0.25) is 5.02 Å². The van der Waals surface area contributed by atoms with E-state index in [1.807, 2.05) is 44.2 Å². The van der Waals surface area contributed by atoms with Gasteiger partial charge in [-0.25, -0.2) is 12.7 Å². The molecule has 1 heterocycles. The average Bonchev–Trinajstić information content (AvgIpc) is 3.11. The lowest BCUT2D eigenvalue weighted by Crippen LogP contribution is -2.53. The average molecular weight is 568 g/mol. The molecular formula is C29H30ClN3O5S. The lowest BCUT2D eigenvalue weighted by Gasteiger charge is -2.33. The Morgan fingerprint density at radius 2 is 1.59 bits per heavy atom. The largest absolute Gasteiger partial charge is 0.354 e. The summed E-state index contributed by atoms with van der Waals surface area (Å²) in [6, 6.07) is 21.0. The summed E-state index contributed by atoms with van der Waals surface area (Å²) in [6.45, 7) is 3.51. The fraction of sp³-hybridized carbons (Fsp3) is 0.276. The van der Waals surface area contributed by atoms with Crippen LogP contribution in [0.15, 0.2) is 83.8 Å². The van der Waals surface area contributed by atoms with E-state index < -0.39 is 34.4 Å². The SMILES string of the molecule is CC(C)CNC(=O)[C@@H](Cc1ccccc1)N(Cc1ccccc1Cl)C(=O)CN1C(=O)c2ccccc2S1(=O)=O. The van der Waals surface area contributed by atoms with E-state index in [0.717, 1.165) is 5.56 Å². The molecule has 0 saturated heterocycles. The van der Waals surface area contributed by atoms with Crippen molar-refractivity contribution < 1.29 is 22.8 Å². The Labute approximate surface area is 233 Å². The highest BCUT2D eigenvalue weighted by atomic mass is 35.5. The highest BCUT2D eigenvalue weighted by molar-refractivity contribution is 7.90. The number of fused-ring (bicyclic) bond motifs is 1. The first-order valence-electron chi connectivity index (χ1n) is 12.6. The lowest BCUT2D eigenvalue weighted by molar-refractivity contribution is -0.141. The molecule has 0 aromatic heterocycles. The van der Waals surface area contributed by atoms with Crippen LogP contribution in [0.25, 0.3) is 0 Å². The molecule has 39 heavy (non-hydrogen) atoms. The maximum atomic E-state index is 13.9. The molecule has 0 radical (unpaired) electrons. The van der Waals surface area contributed by atoms with Gasteiger partial charge in [-0.1, -0.05) is 86.1 Å². The van der Waals surface area contributed by atoms with Crippen LogP contribution in [0.5, 0.6) is 0 Å². The van der Waals surface area contributed by atoms with E-state index in [1.54, 1.807) is 30.3 Å². The number of amides is 3. The van der Waals surface area contributed by atoms with Crippen LogP contribution in [0.1, 0.15) is 35.3 Å². The molecule has 1 aliphatic rings. The van der Waals surface area contributed by atoms with Gasteiger partial charge >= 0.3 is 0 Å². The summed E-state index contributed by atoms with van der Waals surface area (Å²) in [5.74, 6) is -1.68. The number of nitrogens with zero attached hydrogens (tertiary/aromatic N) is 2. The first-order chi connectivity index (χ1) is 18.6. The second-order valence-electron chi connectivity index (χ2n) is 9.77. The van der Waals surface area contributed by atoms with Crippen molar-refractivity contribution in [2.24, 2.45) is 5.92 Å². The van der Waals surface area contributed by atoms with E-state index in [0.29, 0.717) is 21.4 Å². The molecule has 3 aromatic rings. The molecule has 0 saturated carbocycles. The molecule has 3 amide bonds. The summed E-state index contributed by atoms with van der Waals surface area (Å²) < 4.78 is 26.9. The van der Waals surface area contributed by atoms with Crippen molar-refractivity contribution in [3.05, 3.63) is 101 Å². The van der Waals surface area contributed by atoms with Crippen LogP contribution >= 0.6 is 11.6 Å². The van der Waals surface area contributed by atoms with E-state index >= 15 is 0 Å². The highest BCUT2D eigenvalue weighted by Gasteiger charge is 2.43. The van der Waals surface area contributed by atoms with E-state index in [-0.39, 0.29) is 35.2 Å². The standard InChI is InChI=1S/C29H30ClN3O5S/c1-20(2)17-31-28(35)25(16-21-10-4-3-5-11-21)32(18-22-12-6-8-14-24(22)30)27(34)19-33-29(36)23-13-7-9-15-26(23)39(33,37)38/h3-15,20,25H,16-19H2,1-2H3,(H,31,35)/t25-/m1/s1. The molecule has 0 fully saturated rings. The van der Waals surface area contributed by atoms with Crippen LogP contribution in [0, 0.1) is 5.92 Å². The zero-order chi connectivity index (χ0) is 28.2. The van der Waals surface area contributed by atoms with Gasteiger partial charge in [0.15, 0.2) is 0 Å². The van der Waals surface area contributed by atoms with E-state index in [1.165, 1.54) is 23.1 Å². The minimum Gasteiger partial charge on any atom is -0.354 e. The molecule has 1 aliphatic heterocycles. The molecular weight excluding hydrogens is 538 g/mol. The third kappa shape index (κ3) is 6.32. The Hall–Kier alpha value is -3.69. The van der Waals surface area contributed by atoms with Crippen molar-refractivity contribution in [2.45, 2.75) is 37.8 Å². The predicted octanol–water partition coefficient (Wildman–Crippen LogP) is 3.90. The number of halogens is 1. The molecule has 1 N–H and O–H groups in total. The van der Waals surface area contributed by atoms with Gasteiger partial charge in [0, 0.05) is 24.5 Å². The van der Waals surface area contributed by atoms with Gasteiger partial charge in [-0.2, -0.15) is 0 Å². The maximum Gasteiger partial charge on any atom is 0.269 e. The normalized spacial score (nSPS) is 14.7. The fourth-order valence-electron chi connectivity index (χ4n) is 4.39. The number of hydrogen-bond donors (Lipinski definition) is 1. The van der Waals surface area contributed by atoms with Crippen molar-refractivity contribution in [3.63, 3.8) is 0 Å². The van der Waals surface area contributed by atoms with Crippen LogP contribution in [-0.4, -0.2) is 54.5 Å². The number of benzene rings is 3. The minimum absolute atomic E-state index is 0.0125. The molecule has 10 heteroatoms. The second kappa shape index (κ2) is 12.0. The fourth-order valence-corrected chi connectivity index (χ4v) is 6.10. The van der Waals surface area contributed by atoms with Crippen molar-refractivity contribution in [1.29, 1.82) is 0 Å². The van der Waals surface area contributed by atoms with Crippen LogP contribution in [0.4, 0.5) is 0 Å². The molecule has 1 atom stereocenters. The van der Waals surface area contributed by atoms with Gasteiger partial charge in [0.1, 0.15) is 17.5 Å². The number of carbonyl (C=O) groups is 3. The first-order valence-corrected chi connectivity index (χ1v) is 14.4. The summed E-state index contributed by atoms with van der Waals surface area (Å²) in [7, 11) is -4.22. The number of hydrogen-bond acceptors (Lipinski definition) is 5. The predicted molar refractivity (Wildman–Crippen MR) is 148 cm³/mol. The van der Waals surface area contributed by atoms with Crippen LogP contribution in [0.3, 0.4) is 0 Å². The van der Waals surface area contributed by atoms with Gasteiger partial charge in [0.25, 0.3) is 15.9 Å². The van der Waals surface area contributed by atoms with Gasteiger partial charge in [-0.3, -0.25) is 14.4 Å². The highest BCUT2D eigenvalue weighted by Crippen LogP contribution is 2.30. The molecule has 0 unspecified atom stereocenters. The van der Waals surface area contributed by atoms with Crippen molar-refractivity contribution in [2.75, 3.05) is 13.1 Å². The second-order valence-corrected chi connectivity index (χ2v) is 12.0. The van der Waals surface area contributed by atoms with Gasteiger partial charge in [-0.15, -0.1) is 0 Å². The quantitative estimate of drug-likeness (QED) is 0.400. The molecule has 4 rings (SSSR count). The topological polar surface area (TPSA) is 104 Å². The monoisotopic (exact) mass is 567 g/mol. The summed E-state index contributed by atoms with van der Waals surface area (Å²) in [6.07, 6.45) is 0.182. The summed E-state index contributed by atoms with van der Waals surface area (Å²) in [5.41, 5.74) is 1.41. The summed E-state index contributed by atoms with van der Waals surface area (Å²) in [5, 5.41) is 3.30. The molecule has 8 nitrogen and oxygen atoms in total. The zero-order valence-corrected chi connectivity index (χ0v) is 23.3. The number of rotatable bonds is 10. The lowest BCUT2D eigenvalue weighted by atomic mass is 10.0. The number of nitrogens with one attached hydrogen (secondary N) is 1. The van der Waals surface area contributed by atoms with Gasteiger partial charge in [0.2, 0.25) is 11.8 Å². The maximum absolute atomic E-state index is 13.9. The summed E-state index contributed by atoms with van der Waals surface area (Å²) >= 11 is 6.42. The third-order valence-corrected chi connectivity index (χ3v) is 8.60. The smallest absolute Gasteiger partial charge is 0.269 e.